The number of nitrogens with zero attached hydrogens (tertiary/aromatic N) is 3. The van der Waals surface area contributed by atoms with Crippen molar-refractivity contribution in [3.05, 3.63) is 58.7 Å². The van der Waals surface area contributed by atoms with E-state index < -0.39 is 0 Å². The van der Waals surface area contributed by atoms with Gasteiger partial charge in [0, 0.05) is 23.9 Å². The van der Waals surface area contributed by atoms with Crippen LogP contribution in [0, 0.1) is 13.8 Å². The molecule has 1 aromatic carbocycles. The molecule has 0 aliphatic heterocycles. The fourth-order valence-corrected chi connectivity index (χ4v) is 2.60. The number of hydrogen-bond acceptors (Lipinski definition) is 4. The molecule has 0 aliphatic rings. The van der Waals surface area contributed by atoms with Gasteiger partial charge in [-0.05, 0) is 44.5 Å². The van der Waals surface area contributed by atoms with Gasteiger partial charge in [-0.15, -0.1) is 0 Å². The lowest BCUT2D eigenvalue weighted by atomic mass is 10.1. The van der Waals surface area contributed by atoms with Gasteiger partial charge >= 0.3 is 0 Å². The minimum atomic E-state index is -0.0510. The van der Waals surface area contributed by atoms with Crippen LogP contribution in [0.25, 0.3) is 5.69 Å². The van der Waals surface area contributed by atoms with Crippen LogP contribution in [0.2, 0.25) is 5.02 Å². The van der Waals surface area contributed by atoms with E-state index in [1.54, 1.807) is 17.1 Å². The summed E-state index contributed by atoms with van der Waals surface area (Å²) >= 11 is 5.86. The molecule has 0 unspecified atom stereocenters. The number of carbonyl (C=O) groups excluding carboxylic acids is 1. The molecule has 0 radical (unpaired) electrons. The molecule has 1 amide bonds. The molecule has 0 saturated carbocycles. The van der Waals surface area contributed by atoms with Gasteiger partial charge in [-0.1, -0.05) is 16.8 Å². The van der Waals surface area contributed by atoms with Gasteiger partial charge < -0.3 is 9.84 Å². The summed E-state index contributed by atoms with van der Waals surface area (Å²) in [6, 6.07) is 7.40. The van der Waals surface area contributed by atoms with E-state index in [1.807, 2.05) is 38.1 Å². The van der Waals surface area contributed by atoms with E-state index in [0.717, 1.165) is 28.4 Å². The summed E-state index contributed by atoms with van der Waals surface area (Å²) in [5.74, 6) is 0.715. The van der Waals surface area contributed by atoms with E-state index in [4.69, 9.17) is 16.1 Å². The van der Waals surface area contributed by atoms with Crippen LogP contribution < -0.4 is 5.32 Å². The monoisotopic (exact) mass is 344 g/mol. The van der Waals surface area contributed by atoms with Crippen LogP contribution in [0.15, 0.2) is 41.2 Å². The number of anilines is 1. The van der Waals surface area contributed by atoms with E-state index in [1.165, 1.54) is 0 Å². The molecule has 0 spiro atoms. The summed E-state index contributed by atoms with van der Waals surface area (Å²) < 4.78 is 6.78. The lowest BCUT2D eigenvalue weighted by Gasteiger charge is -2.07. The van der Waals surface area contributed by atoms with Crippen LogP contribution in [0.1, 0.15) is 23.4 Å². The zero-order valence-electron chi connectivity index (χ0n) is 13.4. The number of halogens is 1. The lowest BCUT2D eigenvalue weighted by molar-refractivity contribution is -0.116. The normalized spacial score (nSPS) is 10.8. The van der Waals surface area contributed by atoms with Crippen molar-refractivity contribution < 1.29 is 9.32 Å². The molecule has 0 fully saturated rings. The predicted molar refractivity (Wildman–Crippen MR) is 91.5 cm³/mol. The third-order valence-corrected chi connectivity index (χ3v) is 3.95. The molecule has 0 atom stereocenters. The first-order valence-electron chi connectivity index (χ1n) is 7.55. The maximum atomic E-state index is 12.1. The lowest BCUT2D eigenvalue weighted by Crippen LogP contribution is -2.12. The van der Waals surface area contributed by atoms with Crippen molar-refractivity contribution in [2.75, 3.05) is 5.32 Å². The molecule has 3 rings (SSSR count). The molecular weight excluding hydrogens is 328 g/mol. The highest BCUT2D eigenvalue weighted by Crippen LogP contribution is 2.17. The standard InChI is InChI=1S/C17H17ClN4O2/c1-11-16(12(2)24-21-11)7-8-17(23)20-14-3-5-15(6-4-14)22-10-13(18)9-19-22/h3-6,9-10H,7-8H2,1-2H3,(H,20,23). The Morgan fingerprint density at radius 2 is 2.04 bits per heavy atom. The van der Waals surface area contributed by atoms with Crippen LogP contribution in [-0.4, -0.2) is 20.8 Å². The quantitative estimate of drug-likeness (QED) is 0.765. The van der Waals surface area contributed by atoms with Gasteiger partial charge in [0.1, 0.15) is 5.76 Å². The summed E-state index contributed by atoms with van der Waals surface area (Å²) in [6.07, 6.45) is 4.28. The number of benzene rings is 1. The molecular formula is C17H17ClN4O2. The van der Waals surface area contributed by atoms with Crippen LogP contribution in [0.4, 0.5) is 5.69 Å². The first-order chi connectivity index (χ1) is 11.5. The van der Waals surface area contributed by atoms with Gasteiger partial charge in [-0.3, -0.25) is 4.79 Å². The van der Waals surface area contributed by atoms with Gasteiger partial charge in [0.25, 0.3) is 0 Å². The number of aryl methyl sites for hydroxylation is 2. The predicted octanol–water partition coefficient (Wildman–Crippen LogP) is 3.70. The summed E-state index contributed by atoms with van der Waals surface area (Å²) in [7, 11) is 0. The van der Waals surface area contributed by atoms with Gasteiger partial charge in [-0.25, -0.2) is 4.68 Å². The SMILES string of the molecule is Cc1noc(C)c1CCC(=O)Nc1ccc(-n2cc(Cl)cn2)cc1. The smallest absolute Gasteiger partial charge is 0.224 e. The summed E-state index contributed by atoms with van der Waals surface area (Å²) in [4.78, 5) is 12.1. The number of rotatable bonds is 5. The summed E-state index contributed by atoms with van der Waals surface area (Å²) in [5, 5.41) is 11.5. The van der Waals surface area contributed by atoms with E-state index in [-0.39, 0.29) is 5.91 Å². The largest absolute Gasteiger partial charge is 0.361 e. The second-order valence-corrected chi connectivity index (χ2v) is 5.94. The third kappa shape index (κ3) is 3.65. The van der Waals surface area contributed by atoms with Gasteiger partial charge in [0.05, 0.1) is 22.6 Å². The van der Waals surface area contributed by atoms with Crippen molar-refractivity contribution in [1.29, 1.82) is 0 Å². The Hall–Kier alpha value is -2.60. The molecule has 124 valence electrons. The van der Waals surface area contributed by atoms with Crippen molar-refractivity contribution in [1.82, 2.24) is 14.9 Å². The first kappa shape index (κ1) is 16.3. The summed E-state index contributed by atoms with van der Waals surface area (Å²) in [6.45, 7) is 3.73. The zero-order valence-corrected chi connectivity index (χ0v) is 14.2. The van der Waals surface area contributed by atoms with Crippen LogP contribution in [-0.2, 0) is 11.2 Å². The van der Waals surface area contributed by atoms with E-state index in [2.05, 4.69) is 15.6 Å². The molecule has 3 aromatic rings. The van der Waals surface area contributed by atoms with Crippen LogP contribution in [0.3, 0.4) is 0 Å². The molecule has 2 heterocycles. The molecule has 0 aliphatic carbocycles. The Kier molecular flexibility index (Phi) is 4.66. The first-order valence-corrected chi connectivity index (χ1v) is 7.93. The second kappa shape index (κ2) is 6.88. The van der Waals surface area contributed by atoms with Crippen molar-refractivity contribution in [3.63, 3.8) is 0 Å². The summed E-state index contributed by atoms with van der Waals surface area (Å²) in [5.41, 5.74) is 3.44. The van der Waals surface area contributed by atoms with Crippen LogP contribution >= 0.6 is 11.6 Å². The van der Waals surface area contributed by atoms with E-state index >= 15 is 0 Å². The van der Waals surface area contributed by atoms with Crippen molar-refractivity contribution in [2.24, 2.45) is 0 Å². The highest BCUT2D eigenvalue weighted by atomic mass is 35.5. The van der Waals surface area contributed by atoms with Crippen molar-refractivity contribution in [3.8, 4) is 5.69 Å². The number of carbonyl (C=O) groups is 1. The minimum absolute atomic E-state index is 0.0510. The third-order valence-electron chi connectivity index (χ3n) is 3.75. The number of aromatic nitrogens is 3. The fraction of sp³-hybridized carbons (Fsp3) is 0.235. The highest BCUT2D eigenvalue weighted by Gasteiger charge is 2.11. The Morgan fingerprint density at radius 3 is 2.62 bits per heavy atom. The average molecular weight is 345 g/mol. The molecule has 7 heteroatoms. The minimum Gasteiger partial charge on any atom is -0.361 e. The van der Waals surface area contributed by atoms with E-state index in [0.29, 0.717) is 17.9 Å². The van der Waals surface area contributed by atoms with Crippen molar-refractivity contribution >= 4 is 23.2 Å². The van der Waals surface area contributed by atoms with Gasteiger partial charge in [-0.2, -0.15) is 5.10 Å². The molecule has 2 aromatic heterocycles. The average Bonchev–Trinajstić information content (AvgIpc) is 3.13. The Labute approximate surface area is 144 Å². The highest BCUT2D eigenvalue weighted by molar-refractivity contribution is 6.30. The van der Waals surface area contributed by atoms with Gasteiger partial charge in [0.15, 0.2) is 0 Å². The Balaban J connectivity index is 1.58. The maximum absolute atomic E-state index is 12.1. The molecule has 1 N–H and O–H groups in total. The number of hydrogen-bond donors (Lipinski definition) is 1. The topological polar surface area (TPSA) is 73.0 Å². The molecule has 6 nitrogen and oxygen atoms in total. The van der Waals surface area contributed by atoms with E-state index in [9.17, 15) is 4.79 Å². The second-order valence-electron chi connectivity index (χ2n) is 5.50. The number of nitrogens with one attached hydrogen (secondary N) is 1. The Bertz CT molecular complexity index is 832. The van der Waals surface area contributed by atoms with Crippen molar-refractivity contribution in [2.45, 2.75) is 26.7 Å². The molecule has 0 bridgehead atoms. The maximum Gasteiger partial charge on any atom is 0.224 e. The van der Waals surface area contributed by atoms with Crippen LogP contribution in [0.5, 0.6) is 0 Å². The number of amides is 1. The molecule has 24 heavy (non-hydrogen) atoms. The van der Waals surface area contributed by atoms with Gasteiger partial charge in [0.2, 0.25) is 5.91 Å². The Morgan fingerprint density at radius 1 is 1.29 bits per heavy atom. The fourth-order valence-electron chi connectivity index (χ4n) is 2.46. The molecule has 0 saturated heterocycles. The zero-order chi connectivity index (χ0) is 17.1.